The van der Waals surface area contributed by atoms with E-state index in [1.807, 2.05) is 42.6 Å². The molecule has 1 unspecified atom stereocenters. The summed E-state index contributed by atoms with van der Waals surface area (Å²) in [7, 11) is 0. The van der Waals surface area contributed by atoms with Crippen molar-refractivity contribution in [3.8, 4) is 10.8 Å². The molecule has 0 spiro atoms. The number of carbonyl (C=O) groups is 2. The van der Waals surface area contributed by atoms with Gasteiger partial charge in [0.05, 0.1) is 8.66 Å². The highest BCUT2D eigenvalue weighted by molar-refractivity contribution is 9.11. The highest BCUT2D eigenvalue weighted by Gasteiger charge is 2.39. The first-order valence-electron chi connectivity index (χ1n) is 8.83. The van der Waals surface area contributed by atoms with Gasteiger partial charge in [0, 0.05) is 23.5 Å². The SMILES string of the molecule is O=C1NC(Cc2c[nH]c3ccccc23)C(=O)N1Cc1nnc(-c2ccc(Br)s2)o1. The minimum absolute atomic E-state index is 0.0609. The van der Waals surface area contributed by atoms with Crippen molar-refractivity contribution in [1.29, 1.82) is 0 Å². The Morgan fingerprint density at radius 3 is 2.86 bits per heavy atom. The average molecular weight is 472 g/mol. The number of aromatic nitrogens is 3. The van der Waals surface area contributed by atoms with E-state index in [9.17, 15) is 9.59 Å². The Bertz CT molecular complexity index is 1230. The predicted molar refractivity (Wildman–Crippen MR) is 110 cm³/mol. The second-order valence-electron chi connectivity index (χ2n) is 6.59. The molecule has 2 N–H and O–H groups in total. The molecule has 1 saturated heterocycles. The van der Waals surface area contributed by atoms with Crippen LogP contribution in [0.1, 0.15) is 11.5 Å². The Kier molecular flexibility index (Phi) is 4.44. The quantitative estimate of drug-likeness (QED) is 0.431. The van der Waals surface area contributed by atoms with Crippen molar-refractivity contribution in [2.45, 2.75) is 19.0 Å². The van der Waals surface area contributed by atoms with E-state index in [0.717, 1.165) is 30.0 Å². The monoisotopic (exact) mass is 471 g/mol. The standard InChI is InChI=1S/C19H14BrN5O3S/c20-15-6-5-14(29-15)17-24-23-16(28-17)9-25-18(26)13(22-19(25)27)7-10-8-21-12-4-2-1-3-11(10)12/h1-6,8,13,21H,7,9H2,(H,22,27). The zero-order chi connectivity index (χ0) is 20.0. The van der Waals surface area contributed by atoms with Crippen LogP contribution >= 0.6 is 27.3 Å². The fourth-order valence-corrected chi connectivity index (χ4v) is 4.67. The zero-order valence-corrected chi connectivity index (χ0v) is 17.3. The maximum absolute atomic E-state index is 12.8. The first-order valence-corrected chi connectivity index (χ1v) is 10.4. The van der Waals surface area contributed by atoms with Gasteiger partial charge in [-0.1, -0.05) is 18.2 Å². The third-order valence-electron chi connectivity index (χ3n) is 4.75. The van der Waals surface area contributed by atoms with Gasteiger partial charge in [0.1, 0.15) is 12.6 Å². The van der Waals surface area contributed by atoms with E-state index in [1.165, 1.54) is 11.3 Å². The molecule has 8 nitrogen and oxygen atoms in total. The summed E-state index contributed by atoms with van der Waals surface area (Å²) in [4.78, 5) is 30.3. The lowest BCUT2D eigenvalue weighted by Crippen LogP contribution is -2.32. The molecule has 0 aliphatic carbocycles. The fourth-order valence-electron chi connectivity index (χ4n) is 3.37. The molecular weight excluding hydrogens is 458 g/mol. The van der Waals surface area contributed by atoms with Crippen LogP contribution in [0.15, 0.2) is 50.8 Å². The van der Waals surface area contributed by atoms with E-state index in [1.54, 1.807) is 0 Å². The first-order chi connectivity index (χ1) is 14.1. The summed E-state index contributed by atoms with van der Waals surface area (Å²) in [5.74, 6) is 0.262. The molecule has 146 valence electrons. The average Bonchev–Trinajstić information content (AvgIpc) is 3.48. The molecule has 1 aromatic carbocycles. The molecule has 29 heavy (non-hydrogen) atoms. The molecule has 3 amide bonds. The second-order valence-corrected chi connectivity index (χ2v) is 9.06. The Morgan fingerprint density at radius 2 is 2.03 bits per heavy atom. The predicted octanol–water partition coefficient (Wildman–Crippen LogP) is 3.71. The van der Waals surface area contributed by atoms with Crippen molar-refractivity contribution in [1.82, 2.24) is 25.4 Å². The molecule has 0 saturated carbocycles. The maximum Gasteiger partial charge on any atom is 0.325 e. The number of urea groups is 1. The van der Waals surface area contributed by atoms with Crippen LogP contribution in [0.4, 0.5) is 4.79 Å². The lowest BCUT2D eigenvalue weighted by atomic mass is 10.1. The van der Waals surface area contributed by atoms with Crippen LogP contribution in [0, 0.1) is 0 Å². The van der Waals surface area contributed by atoms with Gasteiger partial charge in [0.15, 0.2) is 0 Å². The van der Waals surface area contributed by atoms with Crippen molar-refractivity contribution in [3.63, 3.8) is 0 Å². The highest BCUT2D eigenvalue weighted by atomic mass is 79.9. The van der Waals surface area contributed by atoms with Gasteiger partial charge < -0.3 is 14.7 Å². The zero-order valence-electron chi connectivity index (χ0n) is 14.9. The number of para-hydroxylation sites is 1. The van der Waals surface area contributed by atoms with E-state index in [2.05, 4.69) is 36.4 Å². The number of H-pyrrole nitrogens is 1. The summed E-state index contributed by atoms with van der Waals surface area (Å²) in [6, 6.07) is 10.5. The minimum atomic E-state index is -0.627. The summed E-state index contributed by atoms with van der Waals surface area (Å²) in [6.45, 7) is -0.0609. The van der Waals surface area contributed by atoms with Crippen LogP contribution in [-0.4, -0.2) is 38.1 Å². The van der Waals surface area contributed by atoms with Crippen LogP contribution in [0.3, 0.4) is 0 Å². The van der Waals surface area contributed by atoms with Crippen LogP contribution < -0.4 is 5.32 Å². The highest BCUT2D eigenvalue weighted by Crippen LogP contribution is 2.30. The Labute approximate surface area is 177 Å². The molecule has 4 aromatic rings. The van der Waals surface area contributed by atoms with Crippen molar-refractivity contribution in [2.75, 3.05) is 0 Å². The van der Waals surface area contributed by atoms with Gasteiger partial charge in [-0.3, -0.25) is 9.69 Å². The Hall–Kier alpha value is -2.98. The lowest BCUT2D eigenvalue weighted by molar-refractivity contribution is -0.128. The number of hydrogen-bond acceptors (Lipinski definition) is 6. The Balaban J connectivity index is 1.31. The van der Waals surface area contributed by atoms with Crippen molar-refractivity contribution < 1.29 is 14.0 Å². The van der Waals surface area contributed by atoms with Gasteiger partial charge in [-0.25, -0.2) is 4.79 Å². The number of aromatic amines is 1. The van der Waals surface area contributed by atoms with Crippen LogP contribution in [0.2, 0.25) is 0 Å². The van der Waals surface area contributed by atoms with Crippen LogP contribution in [0.25, 0.3) is 21.7 Å². The number of imide groups is 1. The summed E-state index contributed by atoms with van der Waals surface area (Å²) in [5, 5.41) is 11.8. The number of halogens is 1. The minimum Gasteiger partial charge on any atom is -0.418 e. The molecule has 1 fully saturated rings. The van der Waals surface area contributed by atoms with E-state index < -0.39 is 12.1 Å². The number of carbonyl (C=O) groups excluding carboxylic acids is 2. The lowest BCUT2D eigenvalue weighted by Gasteiger charge is -2.10. The van der Waals surface area contributed by atoms with E-state index in [4.69, 9.17) is 4.42 Å². The molecule has 1 aliphatic heterocycles. The summed E-state index contributed by atoms with van der Waals surface area (Å²) < 4.78 is 6.57. The number of amides is 3. The second kappa shape index (κ2) is 7.12. The van der Waals surface area contributed by atoms with Crippen molar-refractivity contribution >= 4 is 50.1 Å². The fraction of sp³-hybridized carbons (Fsp3) is 0.158. The number of fused-ring (bicyclic) bond motifs is 1. The number of thiophene rings is 1. The maximum atomic E-state index is 12.8. The number of benzene rings is 1. The molecule has 10 heteroatoms. The molecule has 0 radical (unpaired) electrons. The molecule has 4 heterocycles. The summed E-state index contributed by atoms with van der Waals surface area (Å²) >= 11 is 4.85. The topological polar surface area (TPSA) is 104 Å². The summed E-state index contributed by atoms with van der Waals surface area (Å²) in [5.41, 5.74) is 1.97. The molecule has 0 bridgehead atoms. The summed E-state index contributed by atoms with van der Waals surface area (Å²) in [6.07, 6.45) is 2.28. The molecule has 1 aliphatic rings. The van der Waals surface area contributed by atoms with E-state index in [0.29, 0.717) is 12.3 Å². The van der Waals surface area contributed by atoms with E-state index in [-0.39, 0.29) is 18.3 Å². The number of nitrogens with one attached hydrogen (secondary N) is 2. The Morgan fingerprint density at radius 1 is 1.17 bits per heavy atom. The third-order valence-corrected chi connectivity index (χ3v) is 6.36. The van der Waals surface area contributed by atoms with Crippen molar-refractivity contribution in [3.05, 3.63) is 57.8 Å². The van der Waals surface area contributed by atoms with Gasteiger partial charge in [-0.2, -0.15) is 0 Å². The van der Waals surface area contributed by atoms with Crippen LogP contribution in [0.5, 0.6) is 0 Å². The van der Waals surface area contributed by atoms with Gasteiger partial charge in [0.2, 0.25) is 5.89 Å². The normalized spacial score (nSPS) is 16.7. The first kappa shape index (κ1) is 18.1. The van der Waals surface area contributed by atoms with E-state index >= 15 is 0 Å². The van der Waals surface area contributed by atoms with Gasteiger partial charge in [-0.15, -0.1) is 21.5 Å². The molecule has 3 aromatic heterocycles. The van der Waals surface area contributed by atoms with Gasteiger partial charge >= 0.3 is 6.03 Å². The number of hydrogen-bond donors (Lipinski definition) is 2. The molecule has 1 atom stereocenters. The number of rotatable bonds is 5. The smallest absolute Gasteiger partial charge is 0.325 e. The van der Waals surface area contributed by atoms with Gasteiger partial charge in [0.25, 0.3) is 11.8 Å². The molecule has 5 rings (SSSR count). The number of nitrogens with zero attached hydrogens (tertiary/aromatic N) is 3. The largest absolute Gasteiger partial charge is 0.418 e. The van der Waals surface area contributed by atoms with Gasteiger partial charge in [-0.05, 0) is 39.7 Å². The molecular formula is C19H14BrN5O3S. The third kappa shape index (κ3) is 3.34. The van der Waals surface area contributed by atoms with Crippen LogP contribution in [-0.2, 0) is 17.8 Å². The van der Waals surface area contributed by atoms with Crippen molar-refractivity contribution in [2.24, 2.45) is 0 Å².